The quantitative estimate of drug-likeness (QED) is 0.559. The summed E-state index contributed by atoms with van der Waals surface area (Å²) in [5, 5.41) is 2.95. The standard InChI is InChI=1S/C30H30FN3O4/c1-21-7-5-10-23(17-21)29(37)34-26(27(35)32-19-22-8-3-2-4-9-22)20-38-30(34)13-15-33(16-14-30)28(36)24-11-6-12-25(31)18-24/h2-12,17-18,26H,13-16,19-20H2,1H3,(H,32,35)/t26-/m0/s1. The summed E-state index contributed by atoms with van der Waals surface area (Å²) in [7, 11) is 0. The molecular formula is C30H30FN3O4. The zero-order valence-electron chi connectivity index (χ0n) is 21.2. The first-order chi connectivity index (χ1) is 18.4. The Bertz CT molecular complexity index is 1340. The van der Waals surface area contributed by atoms with Gasteiger partial charge in [0, 0.05) is 43.6 Å². The SMILES string of the molecule is Cc1cccc(C(=O)N2[C@H](C(=O)NCc3ccccc3)COC23CCN(C(=O)c2cccc(F)c2)CC3)c1. The van der Waals surface area contributed by atoms with E-state index in [0.717, 1.165) is 11.1 Å². The summed E-state index contributed by atoms with van der Waals surface area (Å²) in [5.41, 5.74) is 1.63. The van der Waals surface area contributed by atoms with Gasteiger partial charge >= 0.3 is 0 Å². The number of benzene rings is 3. The van der Waals surface area contributed by atoms with Gasteiger partial charge in [-0.3, -0.25) is 19.3 Å². The van der Waals surface area contributed by atoms with Crippen LogP contribution in [0.15, 0.2) is 78.9 Å². The fourth-order valence-corrected chi connectivity index (χ4v) is 5.25. The van der Waals surface area contributed by atoms with Crippen LogP contribution in [0, 0.1) is 12.7 Å². The second-order valence-electron chi connectivity index (χ2n) is 9.82. The number of carbonyl (C=O) groups excluding carboxylic acids is 3. The number of ether oxygens (including phenoxy) is 1. The van der Waals surface area contributed by atoms with Crippen molar-refractivity contribution in [2.24, 2.45) is 0 Å². The van der Waals surface area contributed by atoms with Gasteiger partial charge < -0.3 is 15.0 Å². The molecule has 8 heteroatoms. The van der Waals surface area contributed by atoms with Crippen molar-refractivity contribution in [3.8, 4) is 0 Å². The molecule has 38 heavy (non-hydrogen) atoms. The minimum atomic E-state index is -1.02. The lowest BCUT2D eigenvalue weighted by Crippen LogP contribution is -2.59. The molecule has 3 aromatic carbocycles. The van der Waals surface area contributed by atoms with Gasteiger partial charge in [0.05, 0.1) is 6.61 Å². The maximum Gasteiger partial charge on any atom is 0.256 e. The molecule has 2 heterocycles. The number of piperidine rings is 1. The highest BCUT2D eigenvalue weighted by molar-refractivity contribution is 5.99. The Morgan fingerprint density at radius 1 is 0.921 bits per heavy atom. The number of rotatable bonds is 5. The van der Waals surface area contributed by atoms with Crippen LogP contribution in [-0.4, -0.2) is 59.0 Å². The molecule has 3 aromatic rings. The van der Waals surface area contributed by atoms with E-state index in [-0.39, 0.29) is 29.9 Å². The molecule has 0 radical (unpaired) electrons. The fraction of sp³-hybridized carbons (Fsp3) is 0.300. The van der Waals surface area contributed by atoms with E-state index in [4.69, 9.17) is 4.74 Å². The second-order valence-corrected chi connectivity index (χ2v) is 9.82. The first kappa shape index (κ1) is 25.6. The lowest BCUT2D eigenvalue weighted by Gasteiger charge is -2.44. The normalized spacial score (nSPS) is 18.4. The number of hydrogen-bond donors (Lipinski definition) is 1. The van der Waals surface area contributed by atoms with Gasteiger partial charge in [0.2, 0.25) is 5.91 Å². The number of amides is 3. The van der Waals surface area contributed by atoms with Crippen molar-refractivity contribution in [1.82, 2.24) is 15.1 Å². The third kappa shape index (κ3) is 5.17. The van der Waals surface area contributed by atoms with Gasteiger partial charge in [-0.05, 0) is 42.8 Å². The third-order valence-corrected chi connectivity index (χ3v) is 7.26. The zero-order valence-corrected chi connectivity index (χ0v) is 21.2. The van der Waals surface area contributed by atoms with Gasteiger partial charge in [-0.1, -0.05) is 54.1 Å². The first-order valence-corrected chi connectivity index (χ1v) is 12.8. The van der Waals surface area contributed by atoms with Crippen LogP contribution in [-0.2, 0) is 16.1 Å². The average Bonchev–Trinajstić information content (AvgIpc) is 3.30. The molecule has 3 amide bonds. The van der Waals surface area contributed by atoms with Gasteiger partial charge in [-0.2, -0.15) is 0 Å². The second kappa shape index (κ2) is 10.8. The number of likely N-dealkylation sites (tertiary alicyclic amines) is 1. The van der Waals surface area contributed by atoms with E-state index >= 15 is 0 Å². The molecule has 196 valence electrons. The monoisotopic (exact) mass is 515 g/mol. The van der Waals surface area contributed by atoms with Crippen LogP contribution in [0.1, 0.15) is 44.7 Å². The fourth-order valence-electron chi connectivity index (χ4n) is 5.25. The smallest absolute Gasteiger partial charge is 0.256 e. The molecule has 0 saturated carbocycles. The Kier molecular flexibility index (Phi) is 7.24. The van der Waals surface area contributed by atoms with Crippen molar-refractivity contribution in [2.45, 2.75) is 38.1 Å². The summed E-state index contributed by atoms with van der Waals surface area (Å²) in [6.45, 7) is 2.94. The van der Waals surface area contributed by atoms with Gasteiger partial charge in [0.15, 0.2) is 0 Å². The maximum atomic E-state index is 13.9. The van der Waals surface area contributed by atoms with E-state index in [1.807, 2.05) is 49.4 Å². The largest absolute Gasteiger partial charge is 0.353 e. The summed E-state index contributed by atoms with van der Waals surface area (Å²) in [5.74, 6) is -1.31. The predicted molar refractivity (Wildman–Crippen MR) is 140 cm³/mol. The van der Waals surface area contributed by atoms with Crippen LogP contribution in [0.25, 0.3) is 0 Å². The molecule has 0 aliphatic carbocycles. The molecule has 0 aromatic heterocycles. The van der Waals surface area contributed by atoms with Gasteiger partial charge in [-0.15, -0.1) is 0 Å². The first-order valence-electron chi connectivity index (χ1n) is 12.8. The molecule has 1 spiro atoms. The van der Waals surface area contributed by atoms with E-state index in [0.29, 0.717) is 38.0 Å². The van der Waals surface area contributed by atoms with E-state index in [2.05, 4.69) is 5.32 Å². The van der Waals surface area contributed by atoms with Crippen molar-refractivity contribution in [3.05, 3.63) is 107 Å². The summed E-state index contributed by atoms with van der Waals surface area (Å²) in [6.07, 6.45) is 0.683. The van der Waals surface area contributed by atoms with Crippen LogP contribution in [0.4, 0.5) is 4.39 Å². The minimum absolute atomic E-state index is 0.0655. The van der Waals surface area contributed by atoms with Crippen molar-refractivity contribution in [2.75, 3.05) is 19.7 Å². The number of aryl methyl sites for hydroxylation is 1. The van der Waals surface area contributed by atoms with Crippen LogP contribution in [0.3, 0.4) is 0 Å². The molecule has 7 nitrogen and oxygen atoms in total. The van der Waals surface area contributed by atoms with Crippen molar-refractivity contribution in [1.29, 1.82) is 0 Å². The topological polar surface area (TPSA) is 79.0 Å². The lowest BCUT2D eigenvalue weighted by atomic mass is 9.95. The molecule has 5 rings (SSSR count). The van der Waals surface area contributed by atoms with Gasteiger partial charge in [0.25, 0.3) is 11.8 Å². The Labute approximate surface area is 221 Å². The maximum absolute atomic E-state index is 13.9. The van der Waals surface area contributed by atoms with Crippen molar-refractivity contribution >= 4 is 17.7 Å². The zero-order chi connectivity index (χ0) is 26.7. The average molecular weight is 516 g/mol. The minimum Gasteiger partial charge on any atom is -0.353 e. The van der Waals surface area contributed by atoms with E-state index in [1.54, 1.807) is 28.0 Å². The number of carbonyl (C=O) groups is 3. The Hall–Kier alpha value is -4.04. The number of nitrogens with one attached hydrogen (secondary N) is 1. The molecular weight excluding hydrogens is 485 g/mol. The van der Waals surface area contributed by atoms with Gasteiger partial charge in [-0.25, -0.2) is 4.39 Å². The van der Waals surface area contributed by atoms with Crippen LogP contribution in [0.5, 0.6) is 0 Å². The van der Waals surface area contributed by atoms with Gasteiger partial charge in [0.1, 0.15) is 17.6 Å². The molecule has 2 aliphatic rings. The molecule has 2 aliphatic heterocycles. The Morgan fingerprint density at radius 2 is 1.61 bits per heavy atom. The van der Waals surface area contributed by atoms with Crippen LogP contribution >= 0.6 is 0 Å². The van der Waals surface area contributed by atoms with Crippen molar-refractivity contribution in [3.63, 3.8) is 0 Å². The molecule has 1 N–H and O–H groups in total. The molecule has 0 bridgehead atoms. The van der Waals surface area contributed by atoms with E-state index < -0.39 is 17.6 Å². The van der Waals surface area contributed by atoms with E-state index in [1.165, 1.54) is 18.2 Å². The summed E-state index contributed by atoms with van der Waals surface area (Å²) in [4.78, 5) is 43.5. The predicted octanol–water partition coefficient (Wildman–Crippen LogP) is 3.92. The third-order valence-electron chi connectivity index (χ3n) is 7.26. The Balaban J connectivity index is 1.37. The molecule has 2 saturated heterocycles. The number of hydrogen-bond acceptors (Lipinski definition) is 4. The van der Waals surface area contributed by atoms with E-state index in [9.17, 15) is 18.8 Å². The number of nitrogens with zero attached hydrogens (tertiary/aromatic N) is 2. The summed E-state index contributed by atoms with van der Waals surface area (Å²) < 4.78 is 19.9. The molecule has 2 fully saturated rings. The Morgan fingerprint density at radius 3 is 2.29 bits per heavy atom. The van der Waals surface area contributed by atoms with Crippen LogP contribution < -0.4 is 5.32 Å². The summed E-state index contributed by atoms with van der Waals surface area (Å²) in [6, 6.07) is 21.6. The highest BCUT2D eigenvalue weighted by Gasteiger charge is 2.54. The van der Waals surface area contributed by atoms with Crippen LogP contribution in [0.2, 0.25) is 0 Å². The molecule has 1 atom stereocenters. The lowest BCUT2D eigenvalue weighted by molar-refractivity contribution is -0.128. The molecule has 0 unspecified atom stereocenters. The highest BCUT2D eigenvalue weighted by atomic mass is 19.1. The number of halogens is 1. The summed E-state index contributed by atoms with van der Waals surface area (Å²) >= 11 is 0. The van der Waals surface area contributed by atoms with Crippen molar-refractivity contribution < 1.29 is 23.5 Å². The highest BCUT2D eigenvalue weighted by Crippen LogP contribution is 2.39.